The Morgan fingerprint density at radius 2 is 2.21 bits per heavy atom. The van der Waals surface area contributed by atoms with Gasteiger partial charge in [-0.15, -0.1) is 11.3 Å². The average molecular weight is 283 g/mol. The van der Waals surface area contributed by atoms with Gasteiger partial charge in [-0.3, -0.25) is 4.79 Å². The molecule has 1 unspecified atom stereocenters. The monoisotopic (exact) mass is 283 g/mol. The zero-order chi connectivity index (χ0) is 14.0. The fourth-order valence-corrected chi connectivity index (χ4v) is 2.99. The SMILES string of the molecule is COC(=O)C1COCCN1C(=O)c1cc(C)c(C)s1. The molecule has 0 N–H and O–H groups in total. The van der Waals surface area contributed by atoms with Crippen LogP contribution >= 0.6 is 11.3 Å². The Kier molecular flexibility index (Phi) is 4.21. The Balaban J connectivity index is 2.22. The van der Waals surface area contributed by atoms with Crippen LogP contribution in [-0.2, 0) is 14.3 Å². The summed E-state index contributed by atoms with van der Waals surface area (Å²) in [6, 6.07) is 1.22. The lowest BCUT2D eigenvalue weighted by Crippen LogP contribution is -2.52. The zero-order valence-electron chi connectivity index (χ0n) is 11.3. The van der Waals surface area contributed by atoms with E-state index in [4.69, 9.17) is 9.47 Å². The van der Waals surface area contributed by atoms with E-state index in [1.807, 2.05) is 19.9 Å². The normalized spacial score (nSPS) is 19.3. The van der Waals surface area contributed by atoms with Crippen LogP contribution in [-0.4, -0.2) is 49.7 Å². The fourth-order valence-electron chi connectivity index (χ4n) is 2.00. The second kappa shape index (κ2) is 5.71. The molecule has 104 valence electrons. The highest BCUT2D eigenvalue weighted by atomic mass is 32.1. The molecule has 2 heterocycles. The van der Waals surface area contributed by atoms with Crippen molar-refractivity contribution >= 4 is 23.2 Å². The van der Waals surface area contributed by atoms with Crippen molar-refractivity contribution in [2.75, 3.05) is 26.9 Å². The van der Waals surface area contributed by atoms with Crippen LogP contribution in [0.5, 0.6) is 0 Å². The minimum atomic E-state index is -0.644. The Hall–Kier alpha value is -1.40. The summed E-state index contributed by atoms with van der Waals surface area (Å²) in [5.74, 6) is -0.557. The lowest BCUT2D eigenvalue weighted by atomic mass is 10.2. The van der Waals surface area contributed by atoms with Crippen molar-refractivity contribution in [2.45, 2.75) is 19.9 Å². The van der Waals surface area contributed by atoms with Crippen molar-refractivity contribution in [1.82, 2.24) is 4.90 Å². The molecule has 0 saturated carbocycles. The number of ether oxygens (including phenoxy) is 2. The Morgan fingerprint density at radius 1 is 1.47 bits per heavy atom. The Bertz CT molecular complexity index is 477. The molecule has 0 bridgehead atoms. The number of morpholine rings is 1. The highest BCUT2D eigenvalue weighted by Crippen LogP contribution is 2.23. The molecule has 0 aliphatic carbocycles. The molecule has 1 atom stereocenters. The number of carbonyl (C=O) groups is 2. The number of hydrogen-bond donors (Lipinski definition) is 0. The summed E-state index contributed by atoms with van der Waals surface area (Å²) < 4.78 is 9.98. The second-order valence-electron chi connectivity index (χ2n) is 4.46. The summed E-state index contributed by atoms with van der Waals surface area (Å²) in [6.07, 6.45) is 0. The maximum absolute atomic E-state index is 12.5. The van der Waals surface area contributed by atoms with E-state index in [1.54, 1.807) is 4.90 Å². The summed E-state index contributed by atoms with van der Waals surface area (Å²) in [5.41, 5.74) is 1.09. The van der Waals surface area contributed by atoms with Crippen LogP contribution in [0.3, 0.4) is 0 Å². The zero-order valence-corrected chi connectivity index (χ0v) is 12.1. The molecule has 0 aromatic carbocycles. The fraction of sp³-hybridized carbons (Fsp3) is 0.538. The maximum atomic E-state index is 12.5. The summed E-state index contributed by atoms with van der Waals surface area (Å²) in [7, 11) is 1.32. The number of thiophene rings is 1. The van der Waals surface area contributed by atoms with Gasteiger partial charge >= 0.3 is 5.97 Å². The quantitative estimate of drug-likeness (QED) is 0.769. The van der Waals surface area contributed by atoms with Crippen LogP contribution in [0.1, 0.15) is 20.1 Å². The first-order chi connectivity index (χ1) is 9.04. The average Bonchev–Trinajstić information content (AvgIpc) is 2.77. The van der Waals surface area contributed by atoms with Crippen molar-refractivity contribution in [1.29, 1.82) is 0 Å². The Labute approximate surface area is 116 Å². The number of esters is 1. The molecule has 19 heavy (non-hydrogen) atoms. The van der Waals surface area contributed by atoms with Crippen molar-refractivity contribution in [2.24, 2.45) is 0 Å². The van der Waals surface area contributed by atoms with Crippen LogP contribution in [0.25, 0.3) is 0 Å². The van der Waals surface area contributed by atoms with E-state index in [9.17, 15) is 9.59 Å². The van der Waals surface area contributed by atoms with E-state index < -0.39 is 12.0 Å². The van der Waals surface area contributed by atoms with E-state index in [-0.39, 0.29) is 12.5 Å². The molecule has 0 spiro atoms. The number of aryl methyl sites for hydroxylation is 2. The van der Waals surface area contributed by atoms with Crippen molar-refractivity contribution in [3.8, 4) is 0 Å². The third-order valence-corrected chi connectivity index (χ3v) is 4.38. The van der Waals surface area contributed by atoms with Gasteiger partial charge < -0.3 is 14.4 Å². The molecule has 5 nitrogen and oxygen atoms in total. The molecule has 1 aliphatic heterocycles. The van der Waals surface area contributed by atoms with Crippen LogP contribution in [0.4, 0.5) is 0 Å². The largest absolute Gasteiger partial charge is 0.467 e. The number of hydrogen-bond acceptors (Lipinski definition) is 5. The van der Waals surface area contributed by atoms with Crippen LogP contribution in [0.2, 0.25) is 0 Å². The third kappa shape index (κ3) is 2.79. The molecule has 6 heteroatoms. The van der Waals surface area contributed by atoms with Gasteiger partial charge in [-0.1, -0.05) is 0 Å². The second-order valence-corrected chi connectivity index (χ2v) is 5.72. The van der Waals surface area contributed by atoms with E-state index in [0.29, 0.717) is 18.0 Å². The maximum Gasteiger partial charge on any atom is 0.331 e. The third-order valence-electron chi connectivity index (χ3n) is 3.24. The summed E-state index contributed by atoms with van der Waals surface area (Å²) in [5, 5.41) is 0. The van der Waals surface area contributed by atoms with E-state index in [2.05, 4.69) is 0 Å². The van der Waals surface area contributed by atoms with E-state index in [0.717, 1.165) is 10.4 Å². The summed E-state index contributed by atoms with van der Waals surface area (Å²) >= 11 is 1.45. The molecule has 1 aromatic rings. The van der Waals surface area contributed by atoms with Gasteiger partial charge in [-0.2, -0.15) is 0 Å². The van der Waals surface area contributed by atoms with Crippen LogP contribution in [0.15, 0.2) is 6.07 Å². The molecular formula is C13H17NO4S. The molecule has 0 radical (unpaired) electrons. The first-order valence-electron chi connectivity index (χ1n) is 6.08. The molecule has 1 aliphatic rings. The highest BCUT2D eigenvalue weighted by Gasteiger charge is 2.34. The van der Waals surface area contributed by atoms with Crippen molar-refractivity contribution < 1.29 is 19.1 Å². The molecule has 2 rings (SSSR count). The lowest BCUT2D eigenvalue weighted by molar-refractivity contribution is -0.151. The van der Waals surface area contributed by atoms with Gasteiger partial charge in [0.2, 0.25) is 0 Å². The van der Waals surface area contributed by atoms with E-state index >= 15 is 0 Å². The van der Waals surface area contributed by atoms with Crippen molar-refractivity contribution in [3.63, 3.8) is 0 Å². The smallest absolute Gasteiger partial charge is 0.331 e. The van der Waals surface area contributed by atoms with Crippen LogP contribution < -0.4 is 0 Å². The number of amides is 1. The first-order valence-corrected chi connectivity index (χ1v) is 6.90. The van der Waals surface area contributed by atoms with Crippen LogP contribution in [0, 0.1) is 13.8 Å². The molecular weight excluding hydrogens is 266 g/mol. The Morgan fingerprint density at radius 3 is 2.79 bits per heavy atom. The molecule has 1 amide bonds. The molecule has 1 saturated heterocycles. The van der Waals surface area contributed by atoms with Gasteiger partial charge in [-0.25, -0.2) is 4.79 Å². The standard InChI is InChI=1S/C13H17NO4S/c1-8-6-11(19-9(8)2)12(15)14-4-5-18-7-10(14)13(16)17-3/h6,10H,4-5,7H2,1-3H3. The summed E-state index contributed by atoms with van der Waals surface area (Å²) in [4.78, 5) is 27.5. The lowest BCUT2D eigenvalue weighted by Gasteiger charge is -2.33. The minimum Gasteiger partial charge on any atom is -0.467 e. The predicted molar refractivity (Wildman–Crippen MR) is 71.5 cm³/mol. The predicted octanol–water partition coefficient (Wildman–Crippen LogP) is 1.38. The highest BCUT2D eigenvalue weighted by molar-refractivity contribution is 7.14. The van der Waals surface area contributed by atoms with Gasteiger partial charge in [-0.05, 0) is 25.5 Å². The number of methoxy groups -OCH3 is 1. The van der Waals surface area contributed by atoms with Gasteiger partial charge in [0.15, 0.2) is 6.04 Å². The van der Waals surface area contributed by atoms with Gasteiger partial charge in [0.05, 0.1) is 25.2 Å². The first kappa shape index (κ1) is 14.0. The van der Waals surface area contributed by atoms with Gasteiger partial charge in [0, 0.05) is 11.4 Å². The topological polar surface area (TPSA) is 55.8 Å². The molecule has 1 aromatic heterocycles. The summed E-state index contributed by atoms with van der Waals surface area (Å²) in [6.45, 7) is 5.01. The number of rotatable bonds is 2. The minimum absolute atomic E-state index is 0.125. The van der Waals surface area contributed by atoms with Crippen molar-refractivity contribution in [3.05, 3.63) is 21.4 Å². The molecule has 1 fully saturated rings. The van der Waals surface area contributed by atoms with E-state index in [1.165, 1.54) is 18.4 Å². The number of nitrogens with zero attached hydrogens (tertiary/aromatic N) is 1. The number of carbonyl (C=O) groups excluding carboxylic acids is 2. The van der Waals surface area contributed by atoms with Gasteiger partial charge in [0.1, 0.15) is 0 Å². The van der Waals surface area contributed by atoms with Gasteiger partial charge in [0.25, 0.3) is 5.91 Å².